The molecule has 0 aliphatic rings. The van der Waals surface area contributed by atoms with Gasteiger partial charge in [0.15, 0.2) is 4.60 Å². The standard InChI is InChI=1S/C2HN4O3/c7-6-2-1(4-9-6)3-8-5-2/h(H,3,4)/q+1. The first kappa shape index (κ1) is 4.24. The summed E-state index contributed by atoms with van der Waals surface area (Å²) in [6.07, 6.45) is 0. The predicted molar refractivity (Wildman–Crippen MR) is 21.8 cm³/mol. The summed E-state index contributed by atoms with van der Waals surface area (Å²) in [5.74, 6) is 0. The van der Waals surface area contributed by atoms with Crippen molar-refractivity contribution in [1.82, 2.24) is 15.5 Å². The fourth-order valence-electron chi connectivity index (χ4n) is 0.496. The van der Waals surface area contributed by atoms with E-state index in [0.717, 1.165) is 0 Å². The first-order valence-corrected chi connectivity index (χ1v) is 2.11. The van der Waals surface area contributed by atoms with Gasteiger partial charge in [0.1, 0.15) is 5.16 Å². The summed E-state index contributed by atoms with van der Waals surface area (Å²) >= 11 is 0. The maximum absolute atomic E-state index is 10.4. The Morgan fingerprint density at radius 3 is 3.22 bits per heavy atom. The van der Waals surface area contributed by atoms with Crippen LogP contribution in [-0.4, -0.2) is 15.5 Å². The van der Waals surface area contributed by atoms with Crippen LogP contribution in [0.2, 0.25) is 0 Å². The number of fused-ring (bicyclic) bond motifs is 1. The van der Waals surface area contributed by atoms with Crippen molar-refractivity contribution in [1.29, 1.82) is 0 Å². The average molecular weight is 129 g/mol. The van der Waals surface area contributed by atoms with Crippen LogP contribution in [0.1, 0.15) is 0 Å². The number of nitrogens with zero attached hydrogens (tertiary/aromatic N) is 3. The summed E-state index contributed by atoms with van der Waals surface area (Å²) < 4.78 is 8.55. The summed E-state index contributed by atoms with van der Waals surface area (Å²) in [7, 11) is 0. The molecule has 0 aliphatic heterocycles. The van der Waals surface area contributed by atoms with Crippen molar-refractivity contribution in [3.8, 4) is 0 Å². The molecule has 0 aliphatic carbocycles. The Morgan fingerprint density at radius 2 is 2.44 bits per heavy atom. The van der Waals surface area contributed by atoms with Gasteiger partial charge in [-0.1, -0.05) is 5.16 Å². The molecule has 2 aromatic heterocycles. The highest BCUT2D eigenvalue weighted by atomic mass is 16.7. The molecule has 2 heterocycles. The Balaban J connectivity index is 3.17. The van der Waals surface area contributed by atoms with Crippen LogP contribution in [0.3, 0.4) is 0 Å². The minimum atomic E-state index is 0.00926. The Morgan fingerprint density at radius 1 is 1.56 bits per heavy atom. The van der Waals surface area contributed by atoms with Crippen LogP contribution in [0.15, 0.2) is 9.26 Å². The summed E-state index contributed by atoms with van der Waals surface area (Å²) in [6.45, 7) is 0. The maximum Gasteiger partial charge on any atom is 0.455 e. The minimum absolute atomic E-state index is 0.00926. The summed E-state index contributed by atoms with van der Waals surface area (Å²) in [4.78, 5) is 10.4. The van der Waals surface area contributed by atoms with Gasteiger partial charge in [-0.2, -0.15) is 4.63 Å². The smallest absolute Gasteiger partial charge is 0.166 e. The Hall–Kier alpha value is -1.66. The molecular weight excluding hydrogens is 128 g/mol. The van der Waals surface area contributed by atoms with Gasteiger partial charge in [0.2, 0.25) is 0 Å². The monoisotopic (exact) mass is 129 g/mol. The quantitative estimate of drug-likeness (QED) is 0.495. The molecule has 0 atom stereocenters. The van der Waals surface area contributed by atoms with Crippen LogP contribution in [0.4, 0.5) is 0 Å². The zero-order chi connectivity index (χ0) is 6.27. The highest BCUT2D eigenvalue weighted by molar-refractivity contribution is 5.56. The predicted octanol–water partition coefficient (Wildman–Crippen LogP) is -0.942. The van der Waals surface area contributed by atoms with E-state index >= 15 is 0 Å². The van der Waals surface area contributed by atoms with Crippen molar-refractivity contribution in [2.24, 2.45) is 0 Å². The Kier molecular flexibility index (Phi) is 0.560. The average Bonchev–Trinajstić information content (AvgIpc) is 2.35. The van der Waals surface area contributed by atoms with Crippen LogP contribution >= 0.6 is 0 Å². The molecule has 46 valence electrons. The lowest BCUT2D eigenvalue weighted by molar-refractivity contribution is -0.694. The number of H-pyrrole nitrogens is 1. The first-order valence-electron chi connectivity index (χ1n) is 2.11. The summed E-state index contributed by atoms with van der Waals surface area (Å²) in [6, 6.07) is 0. The third kappa shape index (κ3) is 0.397. The van der Waals surface area contributed by atoms with Gasteiger partial charge in [0.25, 0.3) is 0 Å². The van der Waals surface area contributed by atoms with E-state index < -0.39 is 0 Å². The minimum Gasteiger partial charge on any atom is -0.166 e. The molecule has 7 nitrogen and oxygen atoms in total. The van der Waals surface area contributed by atoms with Crippen LogP contribution in [0.5, 0.6) is 0 Å². The number of hydrogen-bond acceptors (Lipinski definition) is 5. The number of nitrogens with one attached hydrogen (secondary N) is 1. The fraction of sp³-hybridized carbons (Fsp3) is 0. The second-order valence-corrected chi connectivity index (χ2v) is 1.39. The molecule has 7 heteroatoms. The molecular formula is C2HN4O3+. The van der Waals surface area contributed by atoms with E-state index in [0.29, 0.717) is 0 Å². The largest absolute Gasteiger partial charge is 0.455 e. The van der Waals surface area contributed by atoms with Gasteiger partial charge in [-0.05, 0) is 4.91 Å². The van der Waals surface area contributed by atoms with Gasteiger partial charge in [-0.25, -0.2) is 0 Å². The number of hydrogen-bond donors (Lipinski definition) is 1. The van der Waals surface area contributed by atoms with Gasteiger partial charge in [0, 0.05) is 5.16 Å². The molecule has 0 amide bonds. The van der Waals surface area contributed by atoms with Crippen LogP contribution < -0.4 is 4.60 Å². The van der Waals surface area contributed by atoms with Gasteiger partial charge >= 0.3 is 11.3 Å². The van der Waals surface area contributed by atoms with E-state index in [2.05, 4.69) is 24.7 Å². The Bertz CT molecular complexity index is 368. The molecule has 9 heavy (non-hydrogen) atoms. The van der Waals surface area contributed by atoms with Crippen molar-refractivity contribution in [3.63, 3.8) is 0 Å². The molecule has 1 N–H and O–H groups in total. The summed E-state index contributed by atoms with van der Waals surface area (Å²) in [5, 5.41) is 8.68. The third-order valence-electron chi connectivity index (χ3n) is 0.869. The molecule has 0 spiro atoms. The van der Waals surface area contributed by atoms with Gasteiger partial charge in [-0.15, -0.1) is 4.63 Å². The molecule has 2 aromatic rings. The van der Waals surface area contributed by atoms with E-state index in [9.17, 15) is 4.91 Å². The van der Waals surface area contributed by atoms with E-state index in [-0.39, 0.29) is 15.9 Å². The van der Waals surface area contributed by atoms with Crippen molar-refractivity contribution < 1.29 is 13.9 Å². The number of rotatable bonds is 0. The lowest BCUT2D eigenvalue weighted by atomic mass is 10.8. The van der Waals surface area contributed by atoms with Gasteiger partial charge < -0.3 is 0 Å². The van der Waals surface area contributed by atoms with E-state index in [1.54, 1.807) is 0 Å². The molecule has 0 unspecified atom stereocenters. The molecule has 0 fully saturated rings. The second kappa shape index (κ2) is 1.19. The molecule has 2 rings (SSSR count). The van der Waals surface area contributed by atoms with Crippen molar-refractivity contribution in [2.75, 3.05) is 0 Å². The zero-order valence-corrected chi connectivity index (χ0v) is 4.07. The van der Waals surface area contributed by atoms with Crippen molar-refractivity contribution >= 4 is 11.3 Å². The van der Waals surface area contributed by atoms with Crippen LogP contribution in [-0.2, 0) is 0 Å². The fourth-order valence-corrected chi connectivity index (χ4v) is 0.496. The lowest BCUT2D eigenvalue weighted by Gasteiger charge is -1.51. The van der Waals surface area contributed by atoms with Gasteiger partial charge in [0.05, 0.1) is 0 Å². The third-order valence-corrected chi connectivity index (χ3v) is 0.869. The molecule has 0 saturated heterocycles. The molecule has 0 saturated carbocycles. The zero-order valence-electron chi connectivity index (χ0n) is 4.07. The molecule has 0 bridgehead atoms. The van der Waals surface area contributed by atoms with Crippen LogP contribution in [0.25, 0.3) is 11.3 Å². The van der Waals surface area contributed by atoms with E-state index in [4.69, 9.17) is 0 Å². The van der Waals surface area contributed by atoms with E-state index in [1.807, 2.05) is 0 Å². The van der Waals surface area contributed by atoms with Crippen LogP contribution in [0, 0.1) is 4.91 Å². The number of aromatic amines is 1. The van der Waals surface area contributed by atoms with Crippen molar-refractivity contribution in [2.45, 2.75) is 0 Å². The Labute approximate surface area is 46.7 Å². The maximum atomic E-state index is 10.4. The highest BCUT2D eigenvalue weighted by Gasteiger charge is 2.16. The normalized spacial score (nSPS) is 10.7. The van der Waals surface area contributed by atoms with Crippen molar-refractivity contribution in [3.05, 3.63) is 4.91 Å². The second-order valence-electron chi connectivity index (χ2n) is 1.39. The highest BCUT2D eigenvalue weighted by Crippen LogP contribution is 1.94. The topological polar surface area (TPSA) is 90.8 Å². The van der Waals surface area contributed by atoms with Gasteiger partial charge in [-0.3, -0.25) is 0 Å². The SMILES string of the molecule is O=[n+]1o[nH]c2nonc21. The first-order chi connectivity index (χ1) is 4.38. The summed E-state index contributed by atoms with van der Waals surface area (Å²) in [5.41, 5.74) is 0.208. The molecule has 0 radical (unpaired) electrons. The molecule has 0 aromatic carbocycles. The lowest BCUT2D eigenvalue weighted by Crippen LogP contribution is -2.08. The van der Waals surface area contributed by atoms with E-state index in [1.165, 1.54) is 0 Å². The number of aromatic nitrogens is 4.